The number of methoxy groups -OCH3 is 1. The maximum absolute atomic E-state index is 12.5. The molecule has 2 heterocycles. The molecule has 0 saturated carbocycles. The second kappa shape index (κ2) is 7.34. The van der Waals surface area contributed by atoms with Gasteiger partial charge < -0.3 is 15.0 Å². The monoisotopic (exact) mass is 339 g/mol. The van der Waals surface area contributed by atoms with E-state index in [9.17, 15) is 9.59 Å². The van der Waals surface area contributed by atoms with Crippen LogP contribution in [0.2, 0.25) is 0 Å². The normalized spacial score (nSPS) is 16.8. The van der Waals surface area contributed by atoms with Crippen LogP contribution in [0.15, 0.2) is 42.6 Å². The molecule has 2 amide bonds. The quantitative estimate of drug-likeness (QED) is 0.909. The van der Waals surface area contributed by atoms with Crippen LogP contribution >= 0.6 is 0 Å². The number of aromatic nitrogens is 1. The Balaban J connectivity index is 1.67. The lowest BCUT2D eigenvalue weighted by Gasteiger charge is -2.17. The number of pyridine rings is 1. The molecule has 1 N–H and O–H groups in total. The van der Waals surface area contributed by atoms with Crippen LogP contribution in [0.1, 0.15) is 18.9 Å². The third kappa shape index (κ3) is 3.79. The van der Waals surface area contributed by atoms with Gasteiger partial charge in [0, 0.05) is 24.7 Å². The third-order valence-electron chi connectivity index (χ3n) is 4.34. The number of ether oxygens (including phenoxy) is 1. The molecule has 1 aliphatic heterocycles. The number of carbonyl (C=O) groups is 2. The van der Waals surface area contributed by atoms with E-state index in [2.05, 4.69) is 17.2 Å². The van der Waals surface area contributed by atoms with Crippen LogP contribution in [-0.2, 0) is 16.0 Å². The predicted octanol–water partition coefficient (Wildman–Crippen LogP) is 2.64. The number of amides is 2. The maximum atomic E-state index is 12.5. The van der Waals surface area contributed by atoms with Crippen molar-refractivity contribution in [2.45, 2.75) is 19.8 Å². The highest BCUT2D eigenvalue weighted by atomic mass is 16.5. The van der Waals surface area contributed by atoms with Gasteiger partial charge in [-0.3, -0.25) is 9.59 Å². The van der Waals surface area contributed by atoms with E-state index in [-0.39, 0.29) is 24.2 Å². The SMILES string of the molecule is CCc1cccc(N2C[C@H](C(=O)Nc3ccc(OC)nc3)CC2=O)c1. The van der Waals surface area contributed by atoms with Gasteiger partial charge in [0.25, 0.3) is 0 Å². The van der Waals surface area contributed by atoms with E-state index in [4.69, 9.17) is 4.74 Å². The molecule has 1 atom stereocenters. The minimum absolute atomic E-state index is 0.0266. The summed E-state index contributed by atoms with van der Waals surface area (Å²) in [5.74, 6) is -0.0911. The summed E-state index contributed by atoms with van der Waals surface area (Å²) in [5, 5.41) is 2.81. The van der Waals surface area contributed by atoms with E-state index in [1.165, 1.54) is 18.9 Å². The van der Waals surface area contributed by atoms with E-state index in [1.54, 1.807) is 17.0 Å². The van der Waals surface area contributed by atoms with Gasteiger partial charge in [0.1, 0.15) is 0 Å². The zero-order valence-electron chi connectivity index (χ0n) is 14.4. The smallest absolute Gasteiger partial charge is 0.229 e. The fourth-order valence-corrected chi connectivity index (χ4v) is 2.90. The van der Waals surface area contributed by atoms with Gasteiger partial charge in [-0.05, 0) is 30.2 Å². The minimum Gasteiger partial charge on any atom is -0.481 e. The molecule has 1 saturated heterocycles. The maximum Gasteiger partial charge on any atom is 0.229 e. The molecule has 1 aliphatic rings. The Labute approximate surface area is 146 Å². The first-order chi connectivity index (χ1) is 12.1. The highest BCUT2D eigenvalue weighted by Gasteiger charge is 2.35. The molecule has 1 fully saturated rings. The van der Waals surface area contributed by atoms with Gasteiger partial charge in [-0.25, -0.2) is 4.98 Å². The molecule has 6 heteroatoms. The zero-order valence-corrected chi connectivity index (χ0v) is 14.4. The summed E-state index contributed by atoms with van der Waals surface area (Å²) in [7, 11) is 1.53. The van der Waals surface area contributed by atoms with E-state index in [0.717, 1.165) is 12.1 Å². The fraction of sp³-hybridized carbons (Fsp3) is 0.316. The van der Waals surface area contributed by atoms with Crippen LogP contribution in [0.4, 0.5) is 11.4 Å². The zero-order chi connectivity index (χ0) is 17.8. The molecule has 0 aliphatic carbocycles. The molecule has 2 aromatic rings. The lowest BCUT2D eigenvalue weighted by atomic mass is 10.1. The van der Waals surface area contributed by atoms with Crippen molar-refractivity contribution in [3.63, 3.8) is 0 Å². The van der Waals surface area contributed by atoms with Gasteiger partial charge in [-0.15, -0.1) is 0 Å². The Hall–Kier alpha value is -2.89. The number of nitrogens with one attached hydrogen (secondary N) is 1. The molecular weight excluding hydrogens is 318 g/mol. The van der Waals surface area contributed by atoms with Gasteiger partial charge in [0.2, 0.25) is 17.7 Å². The molecule has 25 heavy (non-hydrogen) atoms. The lowest BCUT2D eigenvalue weighted by Crippen LogP contribution is -2.28. The van der Waals surface area contributed by atoms with Crippen molar-refractivity contribution in [2.24, 2.45) is 5.92 Å². The predicted molar refractivity (Wildman–Crippen MR) is 95.7 cm³/mol. The lowest BCUT2D eigenvalue weighted by molar-refractivity contribution is -0.122. The summed E-state index contributed by atoms with van der Waals surface area (Å²) >= 11 is 0. The Morgan fingerprint density at radius 3 is 2.88 bits per heavy atom. The molecule has 0 spiro atoms. The van der Waals surface area contributed by atoms with Crippen molar-refractivity contribution in [2.75, 3.05) is 23.9 Å². The van der Waals surface area contributed by atoms with Gasteiger partial charge in [0.15, 0.2) is 0 Å². The second-order valence-electron chi connectivity index (χ2n) is 6.01. The number of aryl methyl sites for hydroxylation is 1. The summed E-state index contributed by atoms with van der Waals surface area (Å²) in [6, 6.07) is 11.3. The molecule has 0 bridgehead atoms. The van der Waals surface area contributed by atoms with Crippen LogP contribution in [0.5, 0.6) is 5.88 Å². The molecular formula is C19H21N3O3. The first-order valence-corrected chi connectivity index (χ1v) is 8.31. The second-order valence-corrected chi connectivity index (χ2v) is 6.01. The fourth-order valence-electron chi connectivity index (χ4n) is 2.90. The molecule has 6 nitrogen and oxygen atoms in total. The molecule has 1 aromatic carbocycles. The first kappa shape index (κ1) is 17.0. The van der Waals surface area contributed by atoms with E-state index >= 15 is 0 Å². The third-order valence-corrected chi connectivity index (χ3v) is 4.34. The van der Waals surface area contributed by atoms with Gasteiger partial charge in [0.05, 0.1) is 24.9 Å². The molecule has 3 rings (SSSR count). The van der Waals surface area contributed by atoms with Crippen LogP contribution in [0, 0.1) is 5.92 Å². The summed E-state index contributed by atoms with van der Waals surface area (Å²) < 4.78 is 4.99. The molecule has 0 unspecified atom stereocenters. The number of carbonyl (C=O) groups excluding carboxylic acids is 2. The Kier molecular flexibility index (Phi) is 4.97. The van der Waals surface area contributed by atoms with Crippen molar-refractivity contribution in [3.8, 4) is 5.88 Å². The first-order valence-electron chi connectivity index (χ1n) is 8.31. The highest BCUT2D eigenvalue weighted by molar-refractivity contribution is 6.03. The number of hydrogen-bond donors (Lipinski definition) is 1. The van der Waals surface area contributed by atoms with E-state index < -0.39 is 0 Å². The standard InChI is InChI=1S/C19H21N3O3/c1-3-13-5-4-6-16(9-13)22-12-14(10-18(22)23)19(24)21-15-7-8-17(25-2)20-11-15/h4-9,11,14H,3,10,12H2,1-2H3,(H,21,24)/t14-/m1/s1. The number of anilines is 2. The average Bonchev–Trinajstić information content (AvgIpc) is 3.04. The number of hydrogen-bond acceptors (Lipinski definition) is 4. The van der Waals surface area contributed by atoms with Crippen molar-refractivity contribution in [1.29, 1.82) is 0 Å². The minimum atomic E-state index is -0.375. The van der Waals surface area contributed by atoms with Gasteiger partial charge >= 0.3 is 0 Å². The molecule has 130 valence electrons. The Morgan fingerprint density at radius 2 is 2.20 bits per heavy atom. The van der Waals surface area contributed by atoms with Crippen molar-refractivity contribution in [1.82, 2.24) is 4.98 Å². The van der Waals surface area contributed by atoms with Crippen LogP contribution in [0.3, 0.4) is 0 Å². The topological polar surface area (TPSA) is 71.5 Å². The number of nitrogens with zero attached hydrogens (tertiary/aromatic N) is 2. The van der Waals surface area contributed by atoms with E-state index in [0.29, 0.717) is 18.1 Å². The highest BCUT2D eigenvalue weighted by Crippen LogP contribution is 2.27. The summed E-state index contributed by atoms with van der Waals surface area (Å²) in [5.41, 5.74) is 2.61. The van der Waals surface area contributed by atoms with Gasteiger partial charge in [-0.1, -0.05) is 19.1 Å². The Bertz CT molecular complexity index is 774. The number of rotatable bonds is 5. The van der Waals surface area contributed by atoms with Crippen LogP contribution in [0.25, 0.3) is 0 Å². The van der Waals surface area contributed by atoms with Crippen molar-refractivity contribution in [3.05, 3.63) is 48.2 Å². The van der Waals surface area contributed by atoms with Crippen LogP contribution < -0.4 is 15.0 Å². The van der Waals surface area contributed by atoms with Crippen molar-refractivity contribution < 1.29 is 14.3 Å². The van der Waals surface area contributed by atoms with E-state index in [1.807, 2.05) is 24.3 Å². The Morgan fingerprint density at radius 1 is 1.36 bits per heavy atom. The van der Waals surface area contributed by atoms with Gasteiger partial charge in [-0.2, -0.15) is 0 Å². The molecule has 0 radical (unpaired) electrons. The molecule has 1 aromatic heterocycles. The largest absolute Gasteiger partial charge is 0.481 e. The average molecular weight is 339 g/mol. The summed E-state index contributed by atoms with van der Waals surface area (Å²) in [6.07, 6.45) is 2.66. The number of benzene rings is 1. The van der Waals surface area contributed by atoms with Crippen LogP contribution in [-0.4, -0.2) is 30.5 Å². The summed E-state index contributed by atoms with van der Waals surface area (Å²) in [4.78, 5) is 30.6. The summed E-state index contributed by atoms with van der Waals surface area (Å²) in [6.45, 7) is 2.46. The van der Waals surface area contributed by atoms with Crippen molar-refractivity contribution >= 4 is 23.2 Å².